The van der Waals surface area contributed by atoms with Crippen molar-refractivity contribution in [1.29, 1.82) is 0 Å². The largest absolute Gasteiger partial charge is 0.497 e. The highest BCUT2D eigenvalue weighted by atomic mass is 16.5. The van der Waals surface area contributed by atoms with E-state index >= 15 is 0 Å². The number of benzene rings is 1. The van der Waals surface area contributed by atoms with Crippen LogP contribution in [0.3, 0.4) is 0 Å². The summed E-state index contributed by atoms with van der Waals surface area (Å²) in [4.78, 5) is 11.1. The monoisotopic (exact) mass is 236 g/mol. The predicted octanol–water partition coefficient (Wildman–Crippen LogP) is 1.47. The summed E-state index contributed by atoms with van der Waals surface area (Å²) >= 11 is 0. The lowest BCUT2D eigenvalue weighted by molar-refractivity contribution is -0.137. The number of hydrogen-bond acceptors (Lipinski definition) is 5. The van der Waals surface area contributed by atoms with Crippen molar-refractivity contribution >= 4 is 11.7 Å². The molecule has 3 N–H and O–H groups in total. The maximum Gasteiger partial charge on any atom is 0.334 e. The first-order chi connectivity index (χ1) is 8.15. The molecule has 1 aromatic carbocycles. The van der Waals surface area contributed by atoms with Gasteiger partial charge in [-0.1, -0.05) is 0 Å². The molecule has 0 aliphatic carbocycles. The van der Waals surface area contributed by atoms with Crippen LogP contribution in [0.25, 0.3) is 0 Å². The van der Waals surface area contributed by atoms with Gasteiger partial charge in [-0.2, -0.15) is 0 Å². The molecular formula is C12H16N2O3. The summed E-state index contributed by atoms with van der Waals surface area (Å²) in [7, 11) is 1.59. The molecule has 0 saturated carbocycles. The number of rotatable bonds is 5. The minimum atomic E-state index is -0.467. The van der Waals surface area contributed by atoms with Crippen LogP contribution in [-0.4, -0.2) is 19.7 Å². The van der Waals surface area contributed by atoms with Crippen molar-refractivity contribution in [2.24, 2.45) is 5.73 Å². The fourth-order valence-corrected chi connectivity index (χ4v) is 1.19. The Bertz CT molecular complexity index is 399. The molecule has 0 saturated heterocycles. The van der Waals surface area contributed by atoms with Gasteiger partial charge in [0.1, 0.15) is 11.6 Å². The first-order valence-electron chi connectivity index (χ1n) is 5.20. The van der Waals surface area contributed by atoms with E-state index < -0.39 is 5.97 Å². The number of methoxy groups -OCH3 is 1. The number of esters is 1. The van der Waals surface area contributed by atoms with Crippen LogP contribution in [0, 0.1) is 0 Å². The van der Waals surface area contributed by atoms with Gasteiger partial charge in [-0.3, -0.25) is 0 Å². The lowest BCUT2D eigenvalue weighted by Crippen LogP contribution is -2.12. The smallest absolute Gasteiger partial charge is 0.334 e. The van der Waals surface area contributed by atoms with Crippen LogP contribution in [0.4, 0.5) is 5.69 Å². The van der Waals surface area contributed by atoms with Crippen molar-refractivity contribution in [3.05, 3.63) is 36.2 Å². The average Bonchev–Trinajstić information content (AvgIpc) is 2.30. The van der Waals surface area contributed by atoms with Gasteiger partial charge in [-0.15, -0.1) is 0 Å². The van der Waals surface area contributed by atoms with Crippen LogP contribution in [0.5, 0.6) is 5.75 Å². The third-order valence-corrected chi connectivity index (χ3v) is 1.94. The molecular weight excluding hydrogens is 220 g/mol. The standard InChI is InChI=1S/C12H16N2O3/c1-3-17-12(15)8-11(13)14-9-4-6-10(16-2)7-5-9/h4-8,14H,3,13H2,1-2H3. The molecule has 1 rings (SSSR count). The van der Waals surface area contributed by atoms with E-state index in [1.54, 1.807) is 38.3 Å². The molecule has 17 heavy (non-hydrogen) atoms. The van der Waals surface area contributed by atoms with E-state index in [2.05, 4.69) is 5.32 Å². The van der Waals surface area contributed by atoms with Gasteiger partial charge < -0.3 is 20.5 Å². The Labute approximate surface area is 100 Å². The molecule has 0 radical (unpaired) electrons. The zero-order chi connectivity index (χ0) is 12.7. The summed E-state index contributed by atoms with van der Waals surface area (Å²) in [6.07, 6.45) is 1.20. The van der Waals surface area contributed by atoms with Crippen LogP contribution < -0.4 is 15.8 Å². The number of hydrogen-bond donors (Lipinski definition) is 2. The average molecular weight is 236 g/mol. The second-order valence-electron chi connectivity index (χ2n) is 3.21. The molecule has 0 amide bonds. The molecule has 0 unspecified atom stereocenters. The van der Waals surface area contributed by atoms with E-state index in [4.69, 9.17) is 15.2 Å². The number of nitrogens with one attached hydrogen (secondary N) is 1. The molecule has 0 atom stereocenters. The first kappa shape index (κ1) is 12.9. The zero-order valence-electron chi connectivity index (χ0n) is 9.90. The molecule has 0 heterocycles. The summed E-state index contributed by atoms with van der Waals surface area (Å²) in [6.45, 7) is 2.06. The maximum absolute atomic E-state index is 11.1. The van der Waals surface area contributed by atoms with Crippen LogP contribution in [0.1, 0.15) is 6.92 Å². The normalized spacial score (nSPS) is 10.8. The molecule has 0 spiro atoms. The van der Waals surface area contributed by atoms with Crippen LogP contribution in [0.2, 0.25) is 0 Å². The number of anilines is 1. The lowest BCUT2D eigenvalue weighted by Gasteiger charge is -2.07. The van der Waals surface area contributed by atoms with E-state index in [-0.39, 0.29) is 5.82 Å². The summed E-state index contributed by atoms with van der Waals surface area (Å²) in [5.41, 5.74) is 6.39. The minimum Gasteiger partial charge on any atom is -0.497 e. The van der Waals surface area contributed by atoms with Crippen molar-refractivity contribution < 1.29 is 14.3 Å². The van der Waals surface area contributed by atoms with Gasteiger partial charge in [0.05, 0.1) is 19.8 Å². The van der Waals surface area contributed by atoms with Gasteiger partial charge in [0.15, 0.2) is 0 Å². The Morgan fingerprint density at radius 3 is 2.59 bits per heavy atom. The highest BCUT2D eigenvalue weighted by Gasteiger charge is 1.99. The molecule has 1 aromatic rings. The molecule has 5 nitrogen and oxygen atoms in total. The Hall–Kier alpha value is -2.17. The maximum atomic E-state index is 11.1. The summed E-state index contributed by atoms with van der Waals surface area (Å²) in [6, 6.07) is 7.18. The summed E-state index contributed by atoms with van der Waals surface area (Å²) in [5.74, 6) is 0.517. The minimum absolute atomic E-state index is 0.230. The zero-order valence-corrected chi connectivity index (χ0v) is 9.90. The number of carbonyl (C=O) groups excluding carboxylic acids is 1. The summed E-state index contributed by atoms with van der Waals surface area (Å²) in [5, 5.41) is 2.86. The van der Waals surface area contributed by atoms with Gasteiger partial charge in [0.25, 0.3) is 0 Å². The van der Waals surface area contributed by atoms with Crippen molar-refractivity contribution in [3.63, 3.8) is 0 Å². The van der Waals surface area contributed by atoms with Crippen molar-refractivity contribution in [3.8, 4) is 5.75 Å². The molecule has 0 bridgehead atoms. The quantitative estimate of drug-likeness (QED) is 0.598. The highest BCUT2D eigenvalue weighted by molar-refractivity contribution is 5.83. The van der Waals surface area contributed by atoms with Crippen LogP contribution in [0.15, 0.2) is 36.2 Å². The van der Waals surface area contributed by atoms with Crippen molar-refractivity contribution in [2.75, 3.05) is 19.0 Å². The first-order valence-corrected chi connectivity index (χ1v) is 5.20. The van der Waals surface area contributed by atoms with E-state index in [1.807, 2.05) is 0 Å². The van der Waals surface area contributed by atoms with Crippen LogP contribution >= 0.6 is 0 Å². The van der Waals surface area contributed by atoms with Gasteiger partial charge in [-0.05, 0) is 31.2 Å². The molecule has 92 valence electrons. The third-order valence-electron chi connectivity index (χ3n) is 1.94. The molecule has 0 aliphatic rings. The van der Waals surface area contributed by atoms with E-state index in [1.165, 1.54) is 6.08 Å². The third kappa shape index (κ3) is 4.46. The molecule has 0 aliphatic heterocycles. The fourth-order valence-electron chi connectivity index (χ4n) is 1.19. The van der Waals surface area contributed by atoms with Gasteiger partial charge >= 0.3 is 5.97 Å². The SMILES string of the molecule is CCOC(=O)C=C(N)Nc1ccc(OC)cc1. The van der Waals surface area contributed by atoms with E-state index in [9.17, 15) is 4.79 Å². The van der Waals surface area contributed by atoms with Gasteiger partial charge in [0.2, 0.25) is 0 Å². The lowest BCUT2D eigenvalue weighted by atomic mass is 10.3. The number of nitrogens with two attached hydrogens (primary N) is 1. The highest BCUT2D eigenvalue weighted by Crippen LogP contribution is 2.15. The number of ether oxygens (including phenoxy) is 2. The Morgan fingerprint density at radius 1 is 1.41 bits per heavy atom. The Balaban J connectivity index is 2.60. The van der Waals surface area contributed by atoms with Crippen LogP contribution in [-0.2, 0) is 9.53 Å². The topological polar surface area (TPSA) is 73.6 Å². The Kier molecular flexibility index (Phi) is 4.87. The number of carbonyl (C=O) groups is 1. The molecule has 0 aromatic heterocycles. The molecule has 5 heteroatoms. The van der Waals surface area contributed by atoms with Crippen molar-refractivity contribution in [1.82, 2.24) is 0 Å². The Morgan fingerprint density at radius 2 is 2.06 bits per heavy atom. The van der Waals surface area contributed by atoms with Crippen molar-refractivity contribution in [2.45, 2.75) is 6.92 Å². The second-order valence-corrected chi connectivity index (χ2v) is 3.21. The predicted molar refractivity (Wildman–Crippen MR) is 65.5 cm³/mol. The van der Waals surface area contributed by atoms with Gasteiger partial charge in [0, 0.05) is 5.69 Å². The van der Waals surface area contributed by atoms with Gasteiger partial charge in [-0.25, -0.2) is 4.79 Å². The van der Waals surface area contributed by atoms with E-state index in [0.29, 0.717) is 6.61 Å². The second kappa shape index (κ2) is 6.42. The fraction of sp³-hybridized carbons (Fsp3) is 0.250. The summed E-state index contributed by atoms with van der Waals surface area (Å²) < 4.78 is 9.75. The molecule has 0 fully saturated rings. The van der Waals surface area contributed by atoms with E-state index in [0.717, 1.165) is 11.4 Å².